The summed E-state index contributed by atoms with van der Waals surface area (Å²) in [4.78, 5) is 8.12. The first-order valence-corrected chi connectivity index (χ1v) is 9.28. The SMILES string of the molecule is COc1cc(CNC2CCOC2)ccc1-c1cc(Nc2cnc(C#N)cn2)n[nH]1.Cl. The third-order valence-electron chi connectivity index (χ3n) is 4.68. The van der Waals surface area contributed by atoms with E-state index < -0.39 is 0 Å². The largest absolute Gasteiger partial charge is 0.496 e. The molecule has 2 aromatic heterocycles. The first kappa shape index (κ1) is 21.5. The highest BCUT2D eigenvalue weighted by molar-refractivity contribution is 5.85. The van der Waals surface area contributed by atoms with Crippen LogP contribution in [0.5, 0.6) is 5.75 Å². The van der Waals surface area contributed by atoms with E-state index >= 15 is 0 Å². The number of nitriles is 1. The molecule has 1 aliphatic heterocycles. The molecule has 3 heterocycles. The van der Waals surface area contributed by atoms with E-state index in [4.69, 9.17) is 14.7 Å². The third kappa shape index (κ3) is 5.04. The van der Waals surface area contributed by atoms with Crippen LogP contribution < -0.4 is 15.4 Å². The number of ether oxygens (including phenoxy) is 2. The Morgan fingerprint density at radius 2 is 2.17 bits per heavy atom. The van der Waals surface area contributed by atoms with Crippen LogP contribution in [-0.4, -0.2) is 46.5 Å². The van der Waals surface area contributed by atoms with Gasteiger partial charge in [-0.3, -0.25) is 5.10 Å². The Hall–Kier alpha value is -3.19. The molecular weight excluding hydrogens is 406 g/mol. The molecule has 156 valence electrons. The number of methoxy groups -OCH3 is 1. The van der Waals surface area contributed by atoms with Crippen molar-refractivity contribution in [3.05, 3.63) is 47.9 Å². The summed E-state index contributed by atoms with van der Waals surface area (Å²) in [5.41, 5.74) is 3.13. The maximum absolute atomic E-state index is 8.79. The van der Waals surface area contributed by atoms with Gasteiger partial charge >= 0.3 is 0 Å². The molecule has 1 aromatic carbocycles. The van der Waals surface area contributed by atoms with Gasteiger partial charge in [-0.15, -0.1) is 12.4 Å². The van der Waals surface area contributed by atoms with Crippen LogP contribution in [0.15, 0.2) is 36.7 Å². The van der Waals surface area contributed by atoms with E-state index in [9.17, 15) is 0 Å². The van der Waals surface area contributed by atoms with Crippen molar-refractivity contribution >= 4 is 24.0 Å². The number of nitrogens with one attached hydrogen (secondary N) is 3. The smallest absolute Gasteiger partial charge is 0.158 e. The topological polar surface area (TPSA) is 121 Å². The highest BCUT2D eigenvalue weighted by atomic mass is 35.5. The van der Waals surface area contributed by atoms with Crippen molar-refractivity contribution in [2.45, 2.75) is 19.0 Å². The van der Waals surface area contributed by atoms with Crippen LogP contribution in [0.2, 0.25) is 0 Å². The number of rotatable bonds is 7. The first-order valence-electron chi connectivity index (χ1n) is 9.28. The van der Waals surface area contributed by atoms with Gasteiger partial charge in [0.25, 0.3) is 0 Å². The molecule has 0 amide bonds. The molecule has 1 fully saturated rings. The predicted octanol–water partition coefficient (Wildman–Crippen LogP) is 2.79. The maximum atomic E-state index is 8.79. The summed E-state index contributed by atoms with van der Waals surface area (Å²) < 4.78 is 11.0. The van der Waals surface area contributed by atoms with Gasteiger partial charge < -0.3 is 20.1 Å². The Kier molecular flexibility index (Phi) is 7.19. The van der Waals surface area contributed by atoms with Gasteiger partial charge in [0.05, 0.1) is 31.8 Å². The summed E-state index contributed by atoms with van der Waals surface area (Å²) in [6, 6.07) is 10.3. The van der Waals surface area contributed by atoms with Gasteiger partial charge in [-0.1, -0.05) is 6.07 Å². The number of aromatic nitrogens is 4. The third-order valence-corrected chi connectivity index (χ3v) is 4.68. The fourth-order valence-electron chi connectivity index (χ4n) is 3.13. The lowest BCUT2D eigenvalue weighted by molar-refractivity contribution is 0.190. The number of hydrogen-bond donors (Lipinski definition) is 3. The molecule has 3 N–H and O–H groups in total. The molecule has 1 saturated heterocycles. The molecule has 10 heteroatoms. The summed E-state index contributed by atoms with van der Waals surface area (Å²) >= 11 is 0. The number of halogens is 1. The van der Waals surface area contributed by atoms with E-state index in [0.29, 0.717) is 17.7 Å². The molecule has 0 saturated carbocycles. The van der Waals surface area contributed by atoms with Crippen LogP contribution in [0.25, 0.3) is 11.3 Å². The zero-order valence-corrected chi connectivity index (χ0v) is 17.2. The Balaban J connectivity index is 0.00000256. The minimum atomic E-state index is 0. The van der Waals surface area contributed by atoms with Crippen molar-refractivity contribution in [1.82, 2.24) is 25.5 Å². The van der Waals surface area contributed by atoms with Crippen molar-refractivity contribution in [2.75, 3.05) is 25.6 Å². The molecule has 0 spiro atoms. The average molecular weight is 428 g/mol. The summed E-state index contributed by atoms with van der Waals surface area (Å²) in [6.07, 6.45) is 3.94. The van der Waals surface area contributed by atoms with Crippen LogP contribution in [-0.2, 0) is 11.3 Å². The van der Waals surface area contributed by atoms with Crippen LogP contribution in [0, 0.1) is 11.3 Å². The van der Waals surface area contributed by atoms with Gasteiger partial charge in [-0.05, 0) is 24.1 Å². The lowest BCUT2D eigenvalue weighted by Crippen LogP contribution is -2.28. The van der Waals surface area contributed by atoms with E-state index in [1.165, 1.54) is 12.4 Å². The van der Waals surface area contributed by atoms with Crippen molar-refractivity contribution in [3.8, 4) is 23.1 Å². The van der Waals surface area contributed by atoms with E-state index in [1.54, 1.807) is 7.11 Å². The Morgan fingerprint density at radius 1 is 1.27 bits per heavy atom. The highest BCUT2D eigenvalue weighted by Gasteiger charge is 2.15. The molecule has 1 aliphatic rings. The van der Waals surface area contributed by atoms with Crippen molar-refractivity contribution in [1.29, 1.82) is 5.26 Å². The van der Waals surface area contributed by atoms with Gasteiger partial charge in [0, 0.05) is 30.8 Å². The van der Waals surface area contributed by atoms with E-state index in [-0.39, 0.29) is 18.1 Å². The van der Waals surface area contributed by atoms with Crippen molar-refractivity contribution < 1.29 is 9.47 Å². The van der Waals surface area contributed by atoms with Gasteiger partial charge in [0.15, 0.2) is 11.5 Å². The molecule has 30 heavy (non-hydrogen) atoms. The summed E-state index contributed by atoms with van der Waals surface area (Å²) in [5, 5.41) is 22.6. The molecule has 3 aromatic rings. The number of benzene rings is 1. The molecular formula is C20H22ClN7O2. The van der Waals surface area contributed by atoms with Gasteiger partial charge in [-0.2, -0.15) is 10.4 Å². The monoisotopic (exact) mass is 427 g/mol. The molecule has 1 atom stereocenters. The molecule has 4 rings (SSSR count). The van der Waals surface area contributed by atoms with Gasteiger partial charge in [0.2, 0.25) is 0 Å². The number of aromatic amines is 1. The zero-order chi connectivity index (χ0) is 20.1. The van der Waals surface area contributed by atoms with E-state index in [2.05, 4.69) is 36.9 Å². The normalized spacial score (nSPS) is 15.3. The quantitative estimate of drug-likeness (QED) is 0.526. The Morgan fingerprint density at radius 3 is 2.87 bits per heavy atom. The van der Waals surface area contributed by atoms with Crippen LogP contribution >= 0.6 is 12.4 Å². The standard InChI is InChI=1S/C20H21N7O2.ClH/c1-28-18-6-13(9-22-14-4-5-29-12-14)2-3-16(18)17-7-19(27-26-17)25-20-11-23-15(8-21)10-24-20;/h2-3,6-7,10-11,14,22H,4-5,9,12H2,1H3,(H2,24,25,26,27);1H. The number of nitrogens with zero attached hydrogens (tertiary/aromatic N) is 4. The van der Waals surface area contributed by atoms with Gasteiger partial charge in [0.1, 0.15) is 17.6 Å². The number of hydrogen-bond acceptors (Lipinski definition) is 8. The minimum Gasteiger partial charge on any atom is -0.496 e. The second-order valence-electron chi connectivity index (χ2n) is 6.67. The number of H-pyrrole nitrogens is 1. The maximum Gasteiger partial charge on any atom is 0.158 e. The predicted molar refractivity (Wildman–Crippen MR) is 114 cm³/mol. The zero-order valence-electron chi connectivity index (χ0n) is 16.4. The van der Waals surface area contributed by atoms with Crippen LogP contribution in [0.1, 0.15) is 17.7 Å². The first-order chi connectivity index (χ1) is 14.2. The van der Waals surface area contributed by atoms with Gasteiger partial charge in [-0.25, -0.2) is 9.97 Å². The molecule has 0 bridgehead atoms. The lowest BCUT2D eigenvalue weighted by Gasteiger charge is -2.13. The van der Waals surface area contributed by atoms with Crippen LogP contribution in [0.4, 0.5) is 11.6 Å². The molecule has 0 aliphatic carbocycles. The molecule has 0 radical (unpaired) electrons. The summed E-state index contributed by atoms with van der Waals surface area (Å²) in [6.45, 7) is 2.35. The lowest BCUT2D eigenvalue weighted by atomic mass is 10.1. The second kappa shape index (κ2) is 10.0. The highest BCUT2D eigenvalue weighted by Crippen LogP contribution is 2.31. The van der Waals surface area contributed by atoms with Crippen molar-refractivity contribution in [2.24, 2.45) is 0 Å². The minimum absolute atomic E-state index is 0. The van der Waals surface area contributed by atoms with E-state index in [1.807, 2.05) is 24.3 Å². The fraction of sp³-hybridized carbons (Fsp3) is 0.300. The van der Waals surface area contributed by atoms with E-state index in [0.717, 1.165) is 48.7 Å². The molecule has 9 nitrogen and oxygen atoms in total. The second-order valence-corrected chi connectivity index (χ2v) is 6.67. The Labute approximate surface area is 180 Å². The molecule has 1 unspecified atom stereocenters. The van der Waals surface area contributed by atoms with Crippen LogP contribution in [0.3, 0.4) is 0 Å². The fourth-order valence-corrected chi connectivity index (χ4v) is 3.13. The Bertz CT molecular complexity index is 1010. The average Bonchev–Trinajstić information content (AvgIpc) is 3.45. The van der Waals surface area contributed by atoms with Crippen molar-refractivity contribution in [3.63, 3.8) is 0 Å². The summed E-state index contributed by atoms with van der Waals surface area (Å²) in [5.74, 6) is 1.86. The number of anilines is 2. The summed E-state index contributed by atoms with van der Waals surface area (Å²) in [7, 11) is 1.66.